The van der Waals surface area contributed by atoms with E-state index >= 15 is 0 Å². The SMILES string of the molecule is CC1CN(C(=O)c2cc(Cc3n[nH]c(=O)c4ccccc34)ccc2F)Cc2nnc(C(O)CO)n21. The van der Waals surface area contributed by atoms with Crippen molar-refractivity contribution in [3.8, 4) is 0 Å². The summed E-state index contributed by atoms with van der Waals surface area (Å²) in [7, 11) is 0. The lowest BCUT2D eigenvalue weighted by Gasteiger charge is -2.33. The molecule has 0 spiro atoms. The number of H-pyrrole nitrogens is 1. The van der Waals surface area contributed by atoms with Crippen LogP contribution >= 0.6 is 0 Å². The normalized spacial score (nSPS) is 16.3. The number of amides is 1. The van der Waals surface area contributed by atoms with E-state index in [0.29, 0.717) is 34.3 Å². The molecule has 0 fully saturated rings. The first kappa shape index (κ1) is 22.8. The van der Waals surface area contributed by atoms with Gasteiger partial charge in [-0.2, -0.15) is 5.10 Å². The van der Waals surface area contributed by atoms with E-state index in [1.807, 2.05) is 13.0 Å². The van der Waals surface area contributed by atoms with Gasteiger partial charge < -0.3 is 19.7 Å². The van der Waals surface area contributed by atoms with Crippen LogP contribution in [0.25, 0.3) is 10.8 Å². The number of aliphatic hydroxyl groups excluding tert-OH is 2. The second-order valence-corrected chi connectivity index (χ2v) is 8.61. The minimum atomic E-state index is -1.17. The molecule has 0 aliphatic carbocycles. The van der Waals surface area contributed by atoms with E-state index < -0.39 is 24.4 Å². The van der Waals surface area contributed by atoms with Gasteiger partial charge in [0, 0.05) is 18.4 Å². The number of hydrogen-bond donors (Lipinski definition) is 3. The van der Waals surface area contributed by atoms with Crippen molar-refractivity contribution < 1.29 is 19.4 Å². The first-order chi connectivity index (χ1) is 16.9. The van der Waals surface area contributed by atoms with E-state index in [9.17, 15) is 24.2 Å². The molecule has 0 saturated heterocycles. The Morgan fingerprint density at radius 3 is 2.77 bits per heavy atom. The number of halogens is 1. The second-order valence-electron chi connectivity index (χ2n) is 8.61. The van der Waals surface area contributed by atoms with Crippen molar-refractivity contribution in [1.29, 1.82) is 0 Å². The van der Waals surface area contributed by atoms with Crippen molar-refractivity contribution in [2.75, 3.05) is 13.2 Å². The van der Waals surface area contributed by atoms with Gasteiger partial charge >= 0.3 is 0 Å². The minimum Gasteiger partial charge on any atom is -0.393 e. The van der Waals surface area contributed by atoms with Crippen molar-refractivity contribution in [2.24, 2.45) is 0 Å². The number of fused-ring (bicyclic) bond motifs is 2. The van der Waals surface area contributed by atoms with Crippen molar-refractivity contribution in [3.05, 3.63) is 87.1 Å². The maximum Gasteiger partial charge on any atom is 0.272 e. The summed E-state index contributed by atoms with van der Waals surface area (Å²) in [5.41, 5.74) is 0.911. The Kier molecular flexibility index (Phi) is 5.87. The highest BCUT2D eigenvalue weighted by Crippen LogP contribution is 2.27. The first-order valence-electron chi connectivity index (χ1n) is 11.1. The van der Waals surface area contributed by atoms with Crippen molar-refractivity contribution in [3.63, 3.8) is 0 Å². The first-order valence-corrected chi connectivity index (χ1v) is 11.1. The number of hydrogen-bond acceptors (Lipinski definition) is 7. The van der Waals surface area contributed by atoms with Crippen LogP contribution in [-0.4, -0.2) is 59.1 Å². The third-order valence-electron chi connectivity index (χ3n) is 6.22. The molecule has 10 nitrogen and oxygen atoms in total. The minimum absolute atomic E-state index is 0.0768. The van der Waals surface area contributed by atoms with Crippen LogP contribution in [-0.2, 0) is 13.0 Å². The van der Waals surface area contributed by atoms with Gasteiger partial charge in [0.15, 0.2) is 11.6 Å². The summed E-state index contributed by atoms with van der Waals surface area (Å²) in [6, 6.07) is 11.2. The number of nitrogens with zero attached hydrogens (tertiary/aromatic N) is 5. The molecule has 1 aliphatic heterocycles. The van der Waals surface area contributed by atoms with Crippen LogP contribution in [0.5, 0.6) is 0 Å². The highest BCUT2D eigenvalue weighted by Gasteiger charge is 2.32. The van der Waals surface area contributed by atoms with E-state index in [4.69, 9.17) is 0 Å². The zero-order chi connectivity index (χ0) is 24.7. The maximum atomic E-state index is 14.8. The van der Waals surface area contributed by atoms with Crippen LogP contribution in [0.2, 0.25) is 0 Å². The van der Waals surface area contributed by atoms with Crippen molar-refractivity contribution in [1.82, 2.24) is 29.9 Å². The number of carbonyl (C=O) groups excluding carboxylic acids is 1. The lowest BCUT2D eigenvalue weighted by molar-refractivity contribution is 0.0640. The Morgan fingerprint density at radius 1 is 1.23 bits per heavy atom. The fourth-order valence-corrected chi connectivity index (χ4v) is 4.54. The fourth-order valence-electron chi connectivity index (χ4n) is 4.54. The quantitative estimate of drug-likeness (QED) is 0.395. The van der Waals surface area contributed by atoms with Gasteiger partial charge in [-0.3, -0.25) is 9.59 Å². The molecule has 0 radical (unpaired) electrons. The summed E-state index contributed by atoms with van der Waals surface area (Å²) >= 11 is 0. The van der Waals surface area contributed by atoms with E-state index in [-0.39, 0.29) is 36.1 Å². The lowest BCUT2D eigenvalue weighted by atomic mass is 10.0. The molecule has 180 valence electrons. The van der Waals surface area contributed by atoms with Gasteiger partial charge in [0.05, 0.1) is 35.8 Å². The van der Waals surface area contributed by atoms with Gasteiger partial charge in [-0.05, 0) is 30.7 Å². The van der Waals surface area contributed by atoms with Crippen LogP contribution in [0.15, 0.2) is 47.3 Å². The Morgan fingerprint density at radius 2 is 2.00 bits per heavy atom. The standard InChI is InChI=1S/C24H23FN6O4/c1-13-10-30(11-21-27-28-22(31(13)21)20(33)12-32)24(35)17-8-14(6-7-18(17)25)9-19-15-4-2-3-5-16(15)23(34)29-26-19/h2-8,13,20,32-33H,9-12H2,1H3,(H,29,34). The summed E-state index contributed by atoms with van der Waals surface area (Å²) in [5.74, 6) is -0.459. The molecule has 0 bridgehead atoms. The van der Waals surface area contributed by atoms with Crippen LogP contribution in [0, 0.1) is 5.82 Å². The Bertz CT molecular complexity index is 1480. The van der Waals surface area contributed by atoms with Crippen molar-refractivity contribution in [2.45, 2.75) is 32.0 Å². The van der Waals surface area contributed by atoms with E-state index in [2.05, 4.69) is 20.4 Å². The monoisotopic (exact) mass is 478 g/mol. The third-order valence-corrected chi connectivity index (χ3v) is 6.22. The number of aromatic amines is 1. The summed E-state index contributed by atoms with van der Waals surface area (Å²) in [4.78, 5) is 26.9. The van der Waals surface area contributed by atoms with Gasteiger partial charge in [0.2, 0.25) is 0 Å². The van der Waals surface area contributed by atoms with Gasteiger partial charge in [-0.25, -0.2) is 9.49 Å². The predicted molar refractivity (Wildman–Crippen MR) is 123 cm³/mol. The van der Waals surface area contributed by atoms with E-state index in [1.54, 1.807) is 28.8 Å². The highest BCUT2D eigenvalue weighted by molar-refractivity contribution is 5.95. The van der Waals surface area contributed by atoms with Gasteiger partial charge in [-0.15, -0.1) is 10.2 Å². The van der Waals surface area contributed by atoms with E-state index in [1.165, 1.54) is 17.0 Å². The number of aliphatic hydroxyl groups is 2. The molecule has 0 saturated carbocycles. The molecule has 1 amide bonds. The Hall–Kier alpha value is -3.96. The third kappa shape index (κ3) is 4.08. The largest absolute Gasteiger partial charge is 0.393 e. The number of aromatic nitrogens is 5. The molecule has 2 aromatic carbocycles. The number of rotatable bonds is 5. The molecule has 2 atom stereocenters. The molecular formula is C24H23FN6O4. The zero-order valence-electron chi connectivity index (χ0n) is 18.8. The molecule has 5 rings (SSSR count). The number of carbonyl (C=O) groups is 1. The number of benzene rings is 2. The topological polar surface area (TPSA) is 137 Å². The Balaban J connectivity index is 1.43. The van der Waals surface area contributed by atoms with E-state index in [0.717, 1.165) is 0 Å². The van der Waals surface area contributed by atoms with Crippen LogP contribution < -0.4 is 5.56 Å². The summed E-state index contributed by atoms with van der Waals surface area (Å²) in [6.07, 6.45) is -0.877. The molecule has 2 aromatic heterocycles. The van der Waals surface area contributed by atoms with Gasteiger partial charge in [0.1, 0.15) is 11.9 Å². The van der Waals surface area contributed by atoms with Crippen molar-refractivity contribution >= 4 is 16.7 Å². The molecule has 3 N–H and O–H groups in total. The fraction of sp³-hybridized carbons (Fsp3) is 0.292. The maximum absolute atomic E-state index is 14.8. The average molecular weight is 478 g/mol. The average Bonchev–Trinajstić information content (AvgIpc) is 3.31. The van der Waals surface area contributed by atoms with Gasteiger partial charge in [-0.1, -0.05) is 24.3 Å². The van der Waals surface area contributed by atoms with Crippen LogP contribution in [0.3, 0.4) is 0 Å². The van der Waals surface area contributed by atoms with Crippen LogP contribution in [0.1, 0.15) is 52.3 Å². The molecule has 35 heavy (non-hydrogen) atoms. The summed E-state index contributed by atoms with van der Waals surface area (Å²) in [6.45, 7) is 1.68. The van der Waals surface area contributed by atoms with Gasteiger partial charge in [0.25, 0.3) is 11.5 Å². The smallest absolute Gasteiger partial charge is 0.272 e. The zero-order valence-corrected chi connectivity index (χ0v) is 18.8. The second kappa shape index (κ2) is 9.01. The summed E-state index contributed by atoms with van der Waals surface area (Å²) in [5, 5.41) is 35.1. The molecule has 11 heteroatoms. The lowest BCUT2D eigenvalue weighted by Crippen LogP contribution is -2.41. The number of nitrogens with one attached hydrogen (secondary N) is 1. The molecular weight excluding hydrogens is 455 g/mol. The molecule has 1 aliphatic rings. The molecule has 2 unspecified atom stereocenters. The van der Waals surface area contributed by atoms with Crippen LogP contribution in [0.4, 0.5) is 4.39 Å². The molecule has 3 heterocycles. The highest BCUT2D eigenvalue weighted by atomic mass is 19.1. The predicted octanol–water partition coefficient (Wildman–Crippen LogP) is 1.49. The molecule has 4 aromatic rings. The summed E-state index contributed by atoms with van der Waals surface area (Å²) < 4.78 is 16.5. The Labute approximate surface area is 198 Å².